The molecule has 18 heavy (non-hydrogen) atoms. The van der Waals surface area contributed by atoms with Gasteiger partial charge >= 0.3 is 5.97 Å². The fraction of sp³-hybridized carbons (Fsp3) is 0.200. The van der Waals surface area contributed by atoms with E-state index in [-0.39, 0.29) is 17.5 Å². The lowest BCUT2D eigenvalue weighted by atomic mass is 10.3. The molecule has 0 radical (unpaired) electrons. The van der Waals surface area contributed by atoms with E-state index in [0.717, 1.165) is 11.8 Å². The second-order valence-electron chi connectivity index (χ2n) is 3.36. The predicted octanol–water partition coefficient (Wildman–Crippen LogP) is 0.676. The number of furan rings is 1. The number of nitrogens with zero attached hydrogens (tertiary/aromatic N) is 2. The molecule has 0 saturated carbocycles. The number of hydrogen-bond acceptors (Lipinski definition) is 6. The average molecular weight is 267 g/mol. The first-order valence-electron chi connectivity index (χ1n) is 4.99. The summed E-state index contributed by atoms with van der Waals surface area (Å²) in [7, 11) is 0. The van der Waals surface area contributed by atoms with Crippen molar-refractivity contribution < 1.29 is 19.1 Å². The molecular weight excluding hydrogens is 258 g/mol. The van der Waals surface area contributed by atoms with E-state index in [1.807, 2.05) is 0 Å². The highest BCUT2D eigenvalue weighted by Gasteiger charge is 2.29. The number of hydrogen-bond donors (Lipinski definition) is 2. The van der Waals surface area contributed by atoms with Crippen molar-refractivity contribution in [3.05, 3.63) is 24.2 Å². The molecule has 0 aromatic carbocycles. The molecule has 2 rings (SSSR count). The fourth-order valence-electron chi connectivity index (χ4n) is 1.23. The molecule has 1 aliphatic rings. The second kappa shape index (κ2) is 5.50. The number of amidine groups is 1. The van der Waals surface area contributed by atoms with Crippen molar-refractivity contribution in [1.29, 1.82) is 0 Å². The van der Waals surface area contributed by atoms with Crippen LogP contribution in [0.15, 0.2) is 33.0 Å². The van der Waals surface area contributed by atoms with Gasteiger partial charge < -0.3 is 14.8 Å². The number of carbonyl (C=O) groups is 2. The van der Waals surface area contributed by atoms with Crippen molar-refractivity contribution in [1.82, 2.24) is 5.32 Å². The summed E-state index contributed by atoms with van der Waals surface area (Å²) in [6.07, 6.45) is 2.79. The van der Waals surface area contributed by atoms with Crippen LogP contribution in [0.4, 0.5) is 0 Å². The van der Waals surface area contributed by atoms with Gasteiger partial charge in [-0.15, -0.1) is 5.10 Å². The lowest BCUT2D eigenvalue weighted by Crippen LogP contribution is -2.40. The Balaban J connectivity index is 2.03. The highest BCUT2D eigenvalue weighted by molar-refractivity contribution is 8.15. The molecule has 0 aliphatic carbocycles. The molecular formula is C10H9N3O4S. The third kappa shape index (κ3) is 3.20. The Kier molecular flexibility index (Phi) is 3.78. The molecule has 0 spiro atoms. The van der Waals surface area contributed by atoms with E-state index >= 15 is 0 Å². The Morgan fingerprint density at radius 1 is 1.67 bits per heavy atom. The summed E-state index contributed by atoms with van der Waals surface area (Å²) >= 11 is 0.955. The van der Waals surface area contributed by atoms with Gasteiger partial charge in [0.2, 0.25) is 5.91 Å². The standard InChI is InChI=1S/C10H9N3O4S/c14-8-4-7(9(15)16)18-10(12-8)13-11-5-6-2-1-3-17-6/h1-3,5,7H,4H2,(H,15,16)(H,12,13,14)/b11-5-/t7-/m1/s1. The van der Waals surface area contributed by atoms with Crippen LogP contribution in [0, 0.1) is 0 Å². The van der Waals surface area contributed by atoms with Gasteiger partial charge in [0.15, 0.2) is 5.17 Å². The van der Waals surface area contributed by atoms with Gasteiger partial charge in [0, 0.05) is 6.42 Å². The molecule has 1 fully saturated rings. The number of aliphatic carboxylic acids is 1. The molecule has 2 heterocycles. The van der Waals surface area contributed by atoms with E-state index in [2.05, 4.69) is 15.5 Å². The highest BCUT2D eigenvalue weighted by Crippen LogP contribution is 2.20. The molecule has 2 N–H and O–H groups in total. The van der Waals surface area contributed by atoms with Crippen molar-refractivity contribution in [3.8, 4) is 0 Å². The lowest BCUT2D eigenvalue weighted by molar-refractivity contribution is -0.138. The number of carbonyl (C=O) groups excluding carboxylic acids is 1. The molecule has 1 aliphatic heterocycles. The number of thioether (sulfide) groups is 1. The van der Waals surface area contributed by atoms with Crippen LogP contribution in [0.3, 0.4) is 0 Å². The Labute approximate surface area is 106 Å². The molecule has 94 valence electrons. The maximum Gasteiger partial charge on any atom is 0.317 e. The van der Waals surface area contributed by atoms with Crippen LogP contribution >= 0.6 is 11.8 Å². The smallest absolute Gasteiger partial charge is 0.317 e. The van der Waals surface area contributed by atoms with Crippen molar-refractivity contribution in [2.75, 3.05) is 0 Å². The minimum absolute atomic E-state index is 0.0685. The van der Waals surface area contributed by atoms with Crippen LogP contribution < -0.4 is 5.32 Å². The van der Waals surface area contributed by atoms with E-state index in [9.17, 15) is 9.59 Å². The summed E-state index contributed by atoms with van der Waals surface area (Å²) in [4.78, 5) is 22.0. The monoisotopic (exact) mass is 267 g/mol. The van der Waals surface area contributed by atoms with Crippen LogP contribution in [0.2, 0.25) is 0 Å². The first-order valence-corrected chi connectivity index (χ1v) is 5.87. The average Bonchev–Trinajstić information content (AvgIpc) is 2.81. The maximum absolute atomic E-state index is 11.2. The molecule has 0 bridgehead atoms. The molecule has 1 atom stereocenters. The van der Waals surface area contributed by atoms with Crippen LogP contribution in [0.5, 0.6) is 0 Å². The van der Waals surface area contributed by atoms with Crippen LogP contribution in [-0.4, -0.2) is 33.6 Å². The number of carboxylic acid groups (broad SMARTS) is 1. The zero-order valence-corrected chi connectivity index (χ0v) is 9.88. The Morgan fingerprint density at radius 2 is 2.50 bits per heavy atom. The van der Waals surface area contributed by atoms with E-state index in [1.54, 1.807) is 12.1 Å². The van der Waals surface area contributed by atoms with Crippen LogP contribution in [0.25, 0.3) is 0 Å². The Bertz CT molecular complexity index is 509. The summed E-state index contributed by atoms with van der Waals surface area (Å²) in [5.41, 5.74) is 0. The zero-order valence-electron chi connectivity index (χ0n) is 9.07. The van der Waals surface area contributed by atoms with Gasteiger partial charge in [0.1, 0.15) is 11.0 Å². The number of nitrogens with one attached hydrogen (secondary N) is 1. The molecule has 1 saturated heterocycles. The van der Waals surface area contributed by atoms with E-state index in [4.69, 9.17) is 9.52 Å². The van der Waals surface area contributed by atoms with E-state index in [0.29, 0.717) is 5.76 Å². The summed E-state index contributed by atoms with van der Waals surface area (Å²) in [6, 6.07) is 3.39. The number of carboxylic acids is 1. The second-order valence-corrected chi connectivity index (χ2v) is 4.55. The summed E-state index contributed by atoms with van der Waals surface area (Å²) in [6.45, 7) is 0. The van der Waals surface area contributed by atoms with Crippen molar-refractivity contribution in [3.63, 3.8) is 0 Å². The van der Waals surface area contributed by atoms with Gasteiger partial charge in [-0.05, 0) is 12.1 Å². The Morgan fingerprint density at radius 3 is 3.17 bits per heavy atom. The van der Waals surface area contributed by atoms with Gasteiger partial charge in [0.05, 0.1) is 12.5 Å². The summed E-state index contributed by atoms with van der Waals surface area (Å²) in [5.74, 6) is -0.910. The fourth-order valence-corrected chi connectivity index (χ4v) is 2.11. The normalized spacial score (nSPS) is 22.3. The van der Waals surface area contributed by atoms with E-state index in [1.165, 1.54) is 12.5 Å². The first kappa shape index (κ1) is 12.4. The van der Waals surface area contributed by atoms with Gasteiger partial charge in [-0.25, -0.2) is 0 Å². The van der Waals surface area contributed by atoms with Crippen LogP contribution in [0.1, 0.15) is 12.2 Å². The van der Waals surface area contributed by atoms with Gasteiger partial charge in [-0.2, -0.15) is 5.10 Å². The van der Waals surface area contributed by atoms with Crippen LogP contribution in [-0.2, 0) is 9.59 Å². The third-order valence-electron chi connectivity index (χ3n) is 2.02. The summed E-state index contributed by atoms with van der Waals surface area (Å²) in [5, 5.41) is 18.1. The molecule has 1 aromatic rings. The topological polar surface area (TPSA) is 104 Å². The molecule has 8 heteroatoms. The number of rotatable bonds is 3. The third-order valence-corrected chi connectivity index (χ3v) is 3.08. The SMILES string of the molecule is O=C1C[C@H](C(=O)O)S/C(=N/N=C\c2ccco2)N1. The summed E-state index contributed by atoms with van der Waals surface area (Å²) < 4.78 is 5.00. The molecule has 1 amide bonds. The lowest BCUT2D eigenvalue weighted by Gasteiger charge is -2.18. The predicted molar refractivity (Wildman–Crippen MR) is 65.5 cm³/mol. The minimum atomic E-state index is -1.04. The van der Waals surface area contributed by atoms with E-state index < -0.39 is 11.2 Å². The first-order chi connectivity index (χ1) is 8.65. The van der Waals surface area contributed by atoms with Gasteiger partial charge in [0.25, 0.3) is 0 Å². The largest absolute Gasteiger partial charge is 0.480 e. The Hall–Kier alpha value is -2.09. The van der Waals surface area contributed by atoms with Crippen molar-refractivity contribution in [2.24, 2.45) is 10.2 Å². The molecule has 1 aromatic heterocycles. The molecule has 0 unspecified atom stereocenters. The molecule has 7 nitrogen and oxygen atoms in total. The maximum atomic E-state index is 11.2. The number of amides is 1. The van der Waals surface area contributed by atoms with Crippen molar-refractivity contribution in [2.45, 2.75) is 11.7 Å². The van der Waals surface area contributed by atoms with Gasteiger partial charge in [-0.1, -0.05) is 11.8 Å². The highest BCUT2D eigenvalue weighted by atomic mass is 32.2. The van der Waals surface area contributed by atoms with Crippen molar-refractivity contribution >= 4 is 35.0 Å². The zero-order chi connectivity index (χ0) is 13.0. The minimum Gasteiger partial charge on any atom is -0.480 e. The van der Waals surface area contributed by atoms with Gasteiger partial charge in [-0.3, -0.25) is 9.59 Å². The quantitative estimate of drug-likeness (QED) is 0.619.